The Hall–Kier alpha value is -0.470. The van der Waals surface area contributed by atoms with Crippen LogP contribution >= 0.6 is 15.9 Å². The van der Waals surface area contributed by atoms with Crippen molar-refractivity contribution >= 4 is 26.0 Å². The van der Waals surface area contributed by atoms with E-state index in [0.717, 1.165) is 6.42 Å². The summed E-state index contributed by atoms with van der Waals surface area (Å²) in [5, 5.41) is 9.00. The summed E-state index contributed by atoms with van der Waals surface area (Å²) in [5.41, 5.74) is 0.656. The molecule has 1 aromatic rings. The summed E-state index contributed by atoms with van der Waals surface area (Å²) < 4.78 is 32.5. The fourth-order valence-corrected chi connectivity index (χ4v) is 3.76. The van der Waals surface area contributed by atoms with Crippen LogP contribution in [-0.2, 0) is 21.4 Å². The molecule has 0 atom stereocenters. The summed E-state index contributed by atoms with van der Waals surface area (Å²) in [6, 6.07) is 4.66. The van der Waals surface area contributed by atoms with Crippen LogP contribution in [0.4, 0.5) is 0 Å². The minimum Gasteiger partial charge on any atom is -0.392 e. The van der Waals surface area contributed by atoms with Crippen LogP contribution in [0.2, 0.25) is 0 Å². The molecular weight excluding hydrogens is 346 g/mol. The number of rotatable bonds is 9. The SMILES string of the molecule is CCCOCCCNS(=O)(=O)c1ccc(CO)cc1Br. The Labute approximate surface area is 128 Å². The van der Waals surface area contributed by atoms with Gasteiger partial charge in [0.25, 0.3) is 0 Å². The van der Waals surface area contributed by atoms with E-state index in [2.05, 4.69) is 20.7 Å². The van der Waals surface area contributed by atoms with Crippen molar-refractivity contribution in [3.8, 4) is 0 Å². The molecule has 2 N–H and O–H groups in total. The molecule has 1 aromatic carbocycles. The molecule has 0 aliphatic heterocycles. The topological polar surface area (TPSA) is 75.6 Å². The van der Waals surface area contributed by atoms with Crippen molar-refractivity contribution in [2.24, 2.45) is 0 Å². The number of hydrogen-bond acceptors (Lipinski definition) is 4. The van der Waals surface area contributed by atoms with E-state index in [-0.39, 0.29) is 11.5 Å². The molecule has 0 unspecified atom stereocenters. The first kappa shape index (κ1) is 17.6. The van der Waals surface area contributed by atoms with Crippen LogP contribution in [0.3, 0.4) is 0 Å². The fraction of sp³-hybridized carbons (Fsp3) is 0.538. The molecule has 0 spiro atoms. The number of aliphatic hydroxyl groups is 1. The van der Waals surface area contributed by atoms with E-state index in [4.69, 9.17) is 9.84 Å². The first-order valence-corrected chi connectivity index (χ1v) is 8.75. The molecule has 0 saturated heterocycles. The molecule has 1 rings (SSSR count). The number of aliphatic hydroxyl groups excluding tert-OH is 1. The highest BCUT2D eigenvalue weighted by atomic mass is 79.9. The minimum atomic E-state index is -3.54. The maximum absolute atomic E-state index is 12.1. The molecule has 20 heavy (non-hydrogen) atoms. The van der Waals surface area contributed by atoms with Crippen molar-refractivity contribution in [1.82, 2.24) is 4.72 Å². The summed E-state index contributed by atoms with van der Waals surface area (Å²) in [6.45, 7) is 3.47. The van der Waals surface area contributed by atoms with Crippen LogP contribution in [0, 0.1) is 0 Å². The van der Waals surface area contributed by atoms with Crippen LogP contribution in [0.25, 0.3) is 0 Å². The molecule has 0 fully saturated rings. The zero-order valence-corrected chi connectivity index (χ0v) is 13.8. The van der Waals surface area contributed by atoms with Crippen molar-refractivity contribution < 1.29 is 18.3 Å². The van der Waals surface area contributed by atoms with Gasteiger partial charge in [0.05, 0.1) is 11.5 Å². The summed E-state index contributed by atoms with van der Waals surface area (Å²) in [7, 11) is -3.54. The molecule has 0 radical (unpaired) electrons. The van der Waals surface area contributed by atoms with Gasteiger partial charge in [-0.25, -0.2) is 13.1 Å². The number of benzene rings is 1. The van der Waals surface area contributed by atoms with Crippen LogP contribution in [0.1, 0.15) is 25.3 Å². The van der Waals surface area contributed by atoms with Crippen molar-refractivity contribution in [3.05, 3.63) is 28.2 Å². The van der Waals surface area contributed by atoms with Gasteiger partial charge in [-0.2, -0.15) is 0 Å². The number of ether oxygens (including phenoxy) is 1. The summed E-state index contributed by atoms with van der Waals surface area (Å²) >= 11 is 3.21. The first-order chi connectivity index (χ1) is 9.51. The second-order valence-corrected chi connectivity index (χ2v) is 6.88. The second-order valence-electron chi connectivity index (χ2n) is 4.29. The van der Waals surface area contributed by atoms with Gasteiger partial charge in [0, 0.05) is 24.2 Å². The molecule has 114 valence electrons. The Morgan fingerprint density at radius 2 is 2.10 bits per heavy atom. The van der Waals surface area contributed by atoms with E-state index < -0.39 is 10.0 Å². The van der Waals surface area contributed by atoms with Crippen molar-refractivity contribution in [3.63, 3.8) is 0 Å². The van der Waals surface area contributed by atoms with Gasteiger partial charge < -0.3 is 9.84 Å². The standard InChI is InChI=1S/C13H20BrNO4S/c1-2-7-19-8-3-6-15-20(17,18)13-5-4-11(10-16)9-12(13)14/h4-5,9,15-16H,2-3,6-8,10H2,1H3. The third-order valence-electron chi connectivity index (χ3n) is 2.57. The Morgan fingerprint density at radius 3 is 2.70 bits per heavy atom. The van der Waals surface area contributed by atoms with Gasteiger partial charge in [-0.15, -0.1) is 0 Å². The summed E-state index contributed by atoms with van der Waals surface area (Å²) in [5.74, 6) is 0. The van der Waals surface area contributed by atoms with Gasteiger partial charge in [-0.05, 0) is 46.5 Å². The lowest BCUT2D eigenvalue weighted by molar-refractivity contribution is 0.133. The van der Waals surface area contributed by atoms with Gasteiger partial charge in [0.2, 0.25) is 10.0 Å². The normalized spacial score (nSPS) is 11.8. The molecule has 7 heteroatoms. The molecule has 0 heterocycles. The van der Waals surface area contributed by atoms with Gasteiger partial charge >= 0.3 is 0 Å². The second kappa shape index (κ2) is 8.74. The largest absolute Gasteiger partial charge is 0.392 e. The highest BCUT2D eigenvalue weighted by Crippen LogP contribution is 2.23. The fourth-order valence-electron chi connectivity index (χ4n) is 1.57. The van der Waals surface area contributed by atoms with Gasteiger partial charge in [-0.3, -0.25) is 0 Å². The average molecular weight is 366 g/mol. The third-order valence-corrected chi connectivity index (χ3v) is 5.01. The van der Waals surface area contributed by atoms with Crippen LogP contribution < -0.4 is 4.72 Å². The quantitative estimate of drug-likeness (QED) is 0.656. The molecule has 0 aliphatic rings. The maximum atomic E-state index is 12.1. The Bertz CT molecular complexity index is 519. The van der Waals surface area contributed by atoms with E-state index in [9.17, 15) is 8.42 Å². The van der Waals surface area contributed by atoms with E-state index in [1.807, 2.05) is 6.92 Å². The van der Waals surface area contributed by atoms with Gasteiger partial charge in [0.15, 0.2) is 0 Å². The number of sulfonamides is 1. The highest BCUT2D eigenvalue weighted by molar-refractivity contribution is 9.10. The van der Waals surface area contributed by atoms with Crippen LogP contribution in [-0.4, -0.2) is 33.3 Å². The number of nitrogens with one attached hydrogen (secondary N) is 1. The Balaban J connectivity index is 2.56. The smallest absolute Gasteiger partial charge is 0.241 e. The lowest BCUT2D eigenvalue weighted by Gasteiger charge is -2.09. The van der Waals surface area contributed by atoms with Gasteiger partial charge in [0.1, 0.15) is 0 Å². The zero-order valence-electron chi connectivity index (χ0n) is 11.4. The van der Waals surface area contributed by atoms with Crippen molar-refractivity contribution in [2.75, 3.05) is 19.8 Å². The summed E-state index contributed by atoms with van der Waals surface area (Å²) in [4.78, 5) is 0.171. The molecule has 0 aromatic heterocycles. The van der Waals surface area contributed by atoms with Crippen LogP contribution in [0.5, 0.6) is 0 Å². The molecule has 0 amide bonds. The van der Waals surface area contributed by atoms with Crippen molar-refractivity contribution in [2.45, 2.75) is 31.3 Å². The minimum absolute atomic E-state index is 0.124. The number of hydrogen-bond donors (Lipinski definition) is 2. The van der Waals surface area contributed by atoms with E-state index in [1.54, 1.807) is 12.1 Å². The molecule has 0 saturated carbocycles. The average Bonchev–Trinajstić information content (AvgIpc) is 2.42. The van der Waals surface area contributed by atoms with Crippen LogP contribution in [0.15, 0.2) is 27.6 Å². The first-order valence-electron chi connectivity index (χ1n) is 6.48. The molecular formula is C13H20BrNO4S. The van der Waals surface area contributed by atoms with Crippen molar-refractivity contribution in [1.29, 1.82) is 0 Å². The zero-order chi connectivity index (χ0) is 15.0. The summed E-state index contributed by atoms with van der Waals surface area (Å²) in [6.07, 6.45) is 1.58. The molecule has 0 bridgehead atoms. The highest BCUT2D eigenvalue weighted by Gasteiger charge is 2.17. The van der Waals surface area contributed by atoms with E-state index >= 15 is 0 Å². The van der Waals surface area contributed by atoms with E-state index in [1.165, 1.54) is 6.07 Å². The lowest BCUT2D eigenvalue weighted by atomic mass is 10.2. The predicted molar refractivity (Wildman–Crippen MR) is 81.0 cm³/mol. The maximum Gasteiger partial charge on any atom is 0.241 e. The Kier molecular flexibility index (Phi) is 7.68. The number of halogens is 1. The van der Waals surface area contributed by atoms with Gasteiger partial charge in [-0.1, -0.05) is 13.0 Å². The Morgan fingerprint density at radius 1 is 1.35 bits per heavy atom. The monoisotopic (exact) mass is 365 g/mol. The molecule has 5 nitrogen and oxygen atoms in total. The van der Waals surface area contributed by atoms with E-state index in [0.29, 0.717) is 36.2 Å². The predicted octanol–water partition coefficient (Wildman–Crippen LogP) is 2.04. The lowest BCUT2D eigenvalue weighted by Crippen LogP contribution is -2.26. The molecule has 0 aliphatic carbocycles. The third kappa shape index (κ3) is 5.49.